The Labute approximate surface area is 106 Å². The normalized spacial score (nSPS) is 11.1. The van der Waals surface area contributed by atoms with Gasteiger partial charge in [-0.15, -0.1) is 12.6 Å². The molecule has 0 aliphatic heterocycles. The van der Waals surface area contributed by atoms with Crippen molar-refractivity contribution in [1.29, 1.82) is 0 Å². The molecule has 1 aromatic rings. The molecule has 0 spiro atoms. The molecular formula is C12H16O4S. The molecule has 0 heterocycles. The number of hydrogen-bond acceptors (Lipinski definition) is 5. The number of ether oxygens (including phenoxy) is 1. The Hall–Kier alpha value is -1.20. The van der Waals surface area contributed by atoms with Crippen molar-refractivity contribution in [3.63, 3.8) is 0 Å². The quantitative estimate of drug-likeness (QED) is 0.296. The Morgan fingerprint density at radius 1 is 1.24 bits per heavy atom. The van der Waals surface area contributed by atoms with Crippen LogP contribution in [0.5, 0.6) is 5.75 Å². The molecule has 0 aliphatic rings. The van der Waals surface area contributed by atoms with Crippen LogP contribution >= 0.6 is 12.6 Å². The zero-order valence-electron chi connectivity index (χ0n) is 10.1. The van der Waals surface area contributed by atoms with Crippen molar-refractivity contribution < 1.29 is 19.3 Å². The lowest BCUT2D eigenvalue weighted by molar-refractivity contribution is -0.185. The van der Waals surface area contributed by atoms with Gasteiger partial charge in [0.2, 0.25) is 0 Å². The fraction of sp³-hybridized carbons (Fsp3) is 0.417. The van der Waals surface area contributed by atoms with Gasteiger partial charge in [0.25, 0.3) is 0 Å². The largest absolute Gasteiger partial charge is 0.456 e. The number of rotatable bonds is 4. The molecule has 0 aliphatic carbocycles. The predicted molar refractivity (Wildman–Crippen MR) is 67.2 cm³/mol. The van der Waals surface area contributed by atoms with E-state index in [1.807, 2.05) is 20.8 Å². The van der Waals surface area contributed by atoms with E-state index in [0.29, 0.717) is 11.3 Å². The minimum Gasteiger partial charge on any atom is -0.456 e. The molecule has 0 fully saturated rings. The zero-order valence-corrected chi connectivity index (χ0v) is 11.0. The third-order valence-corrected chi connectivity index (χ3v) is 1.80. The molecule has 0 saturated carbocycles. The van der Waals surface area contributed by atoms with E-state index in [9.17, 15) is 4.79 Å². The monoisotopic (exact) mass is 256 g/mol. The van der Waals surface area contributed by atoms with E-state index in [0.717, 1.165) is 0 Å². The summed E-state index contributed by atoms with van der Waals surface area (Å²) in [5, 5.41) is 0. The van der Waals surface area contributed by atoms with Crippen LogP contribution in [0.3, 0.4) is 0 Å². The van der Waals surface area contributed by atoms with Gasteiger partial charge in [0.1, 0.15) is 11.5 Å². The highest BCUT2D eigenvalue weighted by Gasteiger charge is 2.17. The molecule has 0 radical (unpaired) electrons. The summed E-state index contributed by atoms with van der Waals surface area (Å²) in [6, 6.07) is 6.49. The standard InChI is InChI=1S/C12H16O4S/c1-12(2,3)15-11(13)9-4-6-10(7-5-9)16-14-8-17/h4-7,17H,8H2,1-3H3. The highest BCUT2D eigenvalue weighted by Crippen LogP contribution is 2.16. The van der Waals surface area contributed by atoms with E-state index >= 15 is 0 Å². The Morgan fingerprint density at radius 3 is 2.29 bits per heavy atom. The lowest BCUT2D eigenvalue weighted by Gasteiger charge is -2.19. The number of hydrogen-bond donors (Lipinski definition) is 1. The minimum absolute atomic E-state index is 0.161. The molecule has 0 N–H and O–H groups in total. The number of thiol groups is 1. The van der Waals surface area contributed by atoms with E-state index < -0.39 is 5.60 Å². The molecule has 0 unspecified atom stereocenters. The van der Waals surface area contributed by atoms with Crippen LogP contribution in [0, 0.1) is 0 Å². The second-order valence-corrected chi connectivity index (χ2v) is 4.61. The summed E-state index contributed by atoms with van der Waals surface area (Å²) >= 11 is 3.83. The average Bonchev–Trinajstić information content (AvgIpc) is 2.24. The average molecular weight is 256 g/mol. The first-order valence-corrected chi connectivity index (χ1v) is 5.79. The Morgan fingerprint density at radius 2 is 1.82 bits per heavy atom. The molecular weight excluding hydrogens is 240 g/mol. The summed E-state index contributed by atoms with van der Waals surface area (Å²) in [6.07, 6.45) is 0. The van der Waals surface area contributed by atoms with Crippen LogP contribution in [0.25, 0.3) is 0 Å². The topological polar surface area (TPSA) is 44.8 Å². The summed E-state index contributed by atoms with van der Waals surface area (Å²) in [5.74, 6) is 0.305. The fourth-order valence-electron chi connectivity index (χ4n) is 1.08. The van der Waals surface area contributed by atoms with Gasteiger partial charge in [0, 0.05) is 0 Å². The van der Waals surface area contributed by atoms with E-state index in [2.05, 4.69) is 17.5 Å². The lowest BCUT2D eigenvalue weighted by atomic mass is 10.1. The maximum atomic E-state index is 11.7. The molecule has 5 heteroatoms. The van der Waals surface area contributed by atoms with Crippen LogP contribution in [0.1, 0.15) is 31.1 Å². The van der Waals surface area contributed by atoms with Gasteiger partial charge in [-0.3, -0.25) is 0 Å². The number of carbonyl (C=O) groups is 1. The molecule has 0 atom stereocenters. The maximum absolute atomic E-state index is 11.7. The summed E-state index contributed by atoms with van der Waals surface area (Å²) in [6.45, 7) is 5.47. The van der Waals surface area contributed by atoms with Gasteiger partial charge in [0.05, 0.1) is 5.56 Å². The van der Waals surface area contributed by atoms with Crippen molar-refractivity contribution >= 4 is 18.6 Å². The number of carbonyl (C=O) groups excluding carboxylic acids is 1. The van der Waals surface area contributed by atoms with E-state index in [1.54, 1.807) is 24.3 Å². The first kappa shape index (κ1) is 13.9. The molecule has 1 rings (SSSR count). The van der Waals surface area contributed by atoms with Crippen molar-refractivity contribution in [3.8, 4) is 5.75 Å². The molecule has 0 aromatic heterocycles. The van der Waals surface area contributed by atoms with Crippen LogP contribution in [0.4, 0.5) is 0 Å². The highest BCUT2D eigenvalue weighted by molar-refractivity contribution is 7.80. The fourth-order valence-corrected chi connectivity index (χ4v) is 1.13. The molecule has 17 heavy (non-hydrogen) atoms. The number of esters is 1. The van der Waals surface area contributed by atoms with Crippen molar-refractivity contribution in [2.75, 3.05) is 5.94 Å². The number of benzene rings is 1. The first-order valence-electron chi connectivity index (χ1n) is 5.16. The Balaban J connectivity index is 2.64. The van der Waals surface area contributed by atoms with Gasteiger partial charge in [-0.05, 0) is 45.0 Å². The van der Waals surface area contributed by atoms with Crippen molar-refractivity contribution in [3.05, 3.63) is 29.8 Å². The Kier molecular flexibility index (Phi) is 4.84. The third-order valence-electron chi connectivity index (χ3n) is 1.70. The summed E-state index contributed by atoms with van der Waals surface area (Å²) in [4.78, 5) is 21.2. The van der Waals surface area contributed by atoms with Crippen molar-refractivity contribution in [2.45, 2.75) is 26.4 Å². The van der Waals surface area contributed by atoms with E-state index in [-0.39, 0.29) is 11.9 Å². The molecule has 1 aromatic carbocycles. The van der Waals surface area contributed by atoms with Gasteiger partial charge in [-0.1, -0.05) is 0 Å². The van der Waals surface area contributed by atoms with Crippen LogP contribution in [-0.4, -0.2) is 17.5 Å². The summed E-state index contributed by atoms with van der Waals surface area (Å²) in [7, 11) is 0. The van der Waals surface area contributed by atoms with Crippen LogP contribution in [0.15, 0.2) is 24.3 Å². The second-order valence-electron chi connectivity index (χ2n) is 4.36. The first-order chi connectivity index (χ1) is 7.92. The van der Waals surface area contributed by atoms with Gasteiger partial charge in [0.15, 0.2) is 5.75 Å². The lowest BCUT2D eigenvalue weighted by Crippen LogP contribution is -2.23. The van der Waals surface area contributed by atoms with Crippen LogP contribution in [0.2, 0.25) is 0 Å². The highest BCUT2D eigenvalue weighted by atomic mass is 32.1. The van der Waals surface area contributed by atoms with E-state index in [1.165, 1.54) is 0 Å². The molecule has 0 bridgehead atoms. The van der Waals surface area contributed by atoms with Crippen molar-refractivity contribution in [1.82, 2.24) is 0 Å². The maximum Gasteiger partial charge on any atom is 0.338 e. The summed E-state index contributed by atoms with van der Waals surface area (Å²) < 4.78 is 5.22. The SMILES string of the molecule is CC(C)(C)OC(=O)c1ccc(OOCS)cc1. The second kappa shape index (κ2) is 5.93. The molecule has 4 nitrogen and oxygen atoms in total. The van der Waals surface area contributed by atoms with Gasteiger partial charge < -0.3 is 9.62 Å². The molecule has 0 saturated heterocycles. The third kappa shape index (κ3) is 5.10. The van der Waals surface area contributed by atoms with Gasteiger partial charge in [-0.25, -0.2) is 4.79 Å². The van der Waals surface area contributed by atoms with Gasteiger partial charge >= 0.3 is 5.97 Å². The zero-order chi connectivity index (χ0) is 12.9. The summed E-state index contributed by atoms with van der Waals surface area (Å²) in [5.41, 5.74) is -0.0281. The minimum atomic E-state index is -0.499. The Bertz CT molecular complexity index is 367. The molecule has 0 amide bonds. The van der Waals surface area contributed by atoms with Crippen LogP contribution < -0.4 is 4.89 Å². The molecule has 94 valence electrons. The van der Waals surface area contributed by atoms with Gasteiger partial charge in [-0.2, -0.15) is 4.89 Å². The predicted octanol–water partition coefficient (Wildman–Crippen LogP) is 2.84. The van der Waals surface area contributed by atoms with E-state index in [4.69, 9.17) is 9.62 Å². The van der Waals surface area contributed by atoms with Crippen molar-refractivity contribution in [2.24, 2.45) is 0 Å². The smallest absolute Gasteiger partial charge is 0.338 e. The van der Waals surface area contributed by atoms with Crippen LogP contribution in [-0.2, 0) is 9.62 Å².